The molecule has 0 saturated carbocycles. The number of hydrogen-bond donors (Lipinski definition) is 4. The first kappa shape index (κ1) is 20.1. The third kappa shape index (κ3) is 5.89. The molecule has 1 heterocycles. The normalized spacial score (nSPS) is 31.0. The van der Waals surface area contributed by atoms with Crippen molar-refractivity contribution < 1.29 is 34.7 Å². The first-order valence-corrected chi connectivity index (χ1v) is 8.14. The van der Waals surface area contributed by atoms with E-state index in [-0.39, 0.29) is 0 Å². The molecular weight excluding hydrogens is 306 g/mol. The first-order valence-electron chi connectivity index (χ1n) is 8.14. The van der Waals surface area contributed by atoms with Crippen molar-refractivity contribution in [3.8, 4) is 0 Å². The highest BCUT2D eigenvalue weighted by atomic mass is 16.7. The zero-order chi connectivity index (χ0) is 17.4. The van der Waals surface area contributed by atoms with Crippen LogP contribution >= 0.6 is 0 Å². The van der Waals surface area contributed by atoms with E-state index < -0.39 is 43.4 Å². The second-order valence-corrected chi connectivity index (χ2v) is 5.92. The molecule has 0 aromatic rings. The molecule has 5 atom stereocenters. The minimum Gasteiger partial charge on any atom is -0.416 e. The van der Waals surface area contributed by atoms with Gasteiger partial charge in [-0.25, -0.2) is 4.79 Å². The van der Waals surface area contributed by atoms with Crippen molar-refractivity contribution >= 4 is 6.09 Å². The zero-order valence-corrected chi connectivity index (χ0v) is 13.8. The van der Waals surface area contributed by atoms with Crippen LogP contribution in [0.2, 0.25) is 0 Å². The molecule has 0 radical (unpaired) electrons. The average molecular weight is 335 g/mol. The molecule has 4 N–H and O–H groups in total. The van der Waals surface area contributed by atoms with Crippen LogP contribution in [-0.4, -0.2) is 82.3 Å². The molecule has 1 aliphatic rings. The fraction of sp³-hybridized carbons (Fsp3) is 0.933. The first-order chi connectivity index (χ1) is 10.9. The second-order valence-electron chi connectivity index (χ2n) is 5.92. The summed E-state index contributed by atoms with van der Waals surface area (Å²) in [6.07, 6.45) is -2.52. The lowest BCUT2D eigenvalue weighted by Crippen LogP contribution is -2.59. The van der Waals surface area contributed by atoms with Gasteiger partial charge in [0, 0.05) is 13.6 Å². The molecule has 1 aliphatic heterocycles. The van der Waals surface area contributed by atoms with Gasteiger partial charge in [0.1, 0.15) is 24.4 Å². The van der Waals surface area contributed by atoms with E-state index >= 15 is 0 Å². The lowest BCUT2D eigenvalue weighted by atomic mass is 9.99. The summed E-state index contributed by atoms with van der Waals surface area (Å²) in [4.78, 5) is 13.3. The predicted molar refractivity (Wildman–Crippen MR) is 81.6 cm³/mol. The molecular formula is C15H29NO7. The van der Waals surface area contributed by atoms with Crippen molar-refractivity contribution in [3.05, 3.63) is 0 Å². The van der Waals surface area contributed by atoms with E-state index in [4.69, 9.17) is 14.6 Å². The highest BCUT2D eigenvalue weighted by molar-refractivity contribution is 5.67. The maximum Gasteiger partial charge on any atom is 0.411 e. The summed E-state index contributed by atoms with van der Waals surface area (Å²) in [7, 11) is 1.58. The molecule has 8 nitrogen and oxygen atoms in total. The van der Waals surface area contributed by atoms with Crippen LogP contribution in [0.4, 0.5) is 4.79 Å². The van der Waals surface area contributed by atoms with E-state index in [9.17, 15) is 20.1 Å². The van der Waals surface area contributed by atoms with Crippen molar-refractivity contribution in [3.63, 3.8) is 0 Å². The minimum atomic E-state index is -1.57. The van der Waals surface area contributed by atoms with E-state index in [0.29, 0.717) is 6.54 Å². The Morgan fingerprint density at radius 1 is 1.09 bits per heavy atom. The molecule has 1 unspecified atom stereocenters. The molecule has 1 amide bonds. The van der Waals surface area contributed by atoms with Gasteiger partial charge in [0.2, 0.25) is 6.29 Å². The van der Waals surface area contributed by atoms with Gasteiger partial charge >= 0.3 is 6.09 Å². The smallest absolute Gasteiger partial charge is 0.411 e. The number of rotatable bonds is 8. The minimum absolute atomic E-state index is 0.514. The summed E-state index contributed by atoms with van der Waals surface area (Å²) in [5, 5.41) is 38.2. The molecule has 0 aromatic carbocycles. The Morgan fingerprint density at radius 3 is 2.35 bits per heavy atom. The molecule has 8 heteroatoms. The van der Waals surface area contributed by atoms with Crippen LogP contribution in [0, 0.1) is 0 Å². The summed E-state index contributed by atoms with van der Waals surface area (Å²) in [6.45, 7) is 2.08. The van der Waals surface area contributed by atoms with Gasteiger partial charge in [-0.1, -0.05) is 32.6 Å². The molecule has 0 aromatic heterocycles. The quantitative estimate of drug-likeness (QED) is 0.454. The van der Waals surface area contributed by atoms with Crippen LogP contribution < -0.4 is 0 Å². The van der Waals surface area contributed by atoms with E-state index in [1.807, 2.05) is 0 Å². The van der Waals surface area contributed by atoms with Gasteiger partial charge in [0.25, 0.3) is 0 Å². The Bertz CT molecular complexity index is 353. The standard InChI is InChI=1S/C15H29NO7/c1-3-4-5-6-7-8-16(2)15(21)23-14-13(20)12(19)11(18)10(9-17)22-14/h10-14,17-20H,3-9H2,1-2H3/t10-,11-,12+,13-,14?/m1/s1. The largest absolute Gasteiger partial charge is 0.416 e. The van der Waals surface area contributed by atoms with Crippen LogP contribution in [0.25, 0.3) is 0 Å². The van der Waals surface area contributed by atoms with Crippen LogP contribution in [0.1, 0.15) is 39.0 Å². The number of hydrogen-bond acceptors (Lipinski definition) is 7. The molecule has 23 heavy (non-hydrogen) atoms. The van der Waals surface area contributed by atoms with Crippen molar-refractivity contribution in [2.24, 2.45) is 0 Å². The Hall–Kier alpha value is -0.930. The number of aliphatic hydroxyl groups is 4. The Morgan fingerprint density at radius 2 is 1.74 bits per heavy atom. The highest BCUT2D eigenvalue weighted by Gasteiger charge is 2.45. The number of ether oxygens (including phenoxy) is 2. The Labute approximate surface area is 136 Å². The number of amides is 1. The third-order valence-corrected chi connectivity index (χ3v) is 3.97. The van der Waals surface area contributed by atoms with Crippen LogP contribution in [0.3, 0.4) is 0 Å². The van der Waals surface area contributed by atoms with Gasteiger partial charge in [-0.05, 0) is 6.42 Å². The number of unbranched alkanes of at least 4 members (excludes halogenated alkanes) is 4. The van der Waals surface area contributed by atoms with Crippen LogP contribution in [-0.2, 0) is 9.47 Å². The molecule has 0 spiro atoms. The summed E-state index contributed by atoms with van der Waals surface area (Å²) in [6, 6.07) is 0. The van der Waals surface area contributed by atoms with Gasteiger partial charge in [0.05, 0.1) is 6.61 Å². The second kappa shape index (κ2) is 10.0. The lowest BCUT2D eigenvalue weighted by molar-refractivity contribution is -0.286. The third-order valence-electron chi connectivity index (χ3n) is 3.97. The van der Waals surface area contributed by atoms with Crippen molar-refractivity contribution in [1.29, 1.82) is 0 Å². The lowest BCUT2D eigenvalue weighted by Gasteiger charge is -2.39. The maximum atomic E-state index is 12.0. The summed E-state index contributed by atoms with van der Waals surface area (Å²) in [5.41, 5.74) is 0. The fourth-order valence-corrected chi connectivity index (χ4v) is 2.40. The van der Waals surface area contributed by atoms with Gasteiger partial charge in [0.15, 0.2) is 0 Å². The molecule has 0 bridgehead atoms. The molecule has 1 saturated heterocycles. The van der Waals surface area contributed by atoms with Gasteiger partial charge < -0.3 is 34.8 Å². The van der Waals surface area contributed by atoms with E-state index in [2.05, 4.69) is 6.92 Å². The maximum absolute atomic E-state index is 12.0. The summed E-state index contributed by atoms with van der Waals surface area (Å²) < 4.78 is 10.2. The van der Waals surface area contributed by atoms with Gasteiger partial charge in [-0.15, -0.1) is 0 Å². The molecule has 1 rings (SSSR count). The summed E-state index contributed by atoms with van der Waals surface area (Å²) in [5.74, 6) is 0. The monoisotopic (exact) mass is 335 g/mol. The van der Waals surface area contributed by atoms with Gasteiger partial charge in [-0.2, -0.15) is 0 Å². The molecule has 136 valence electrons. The summed E-state index contributed by atoms with van der Waals surface area (Å²) >= 11 is 0. The van der Waals surface area contributed by atoms with Crippen LogP contribution in [0.5, 0.6) is 0 Å². The van der Waals surface area contributed by atoms with Gasteiger partial charge in [-0.3, -0.25) is 0 Å². The van der Waals surface area contributed by atoms with Crippen molar-refractivity contribution in [2.45, 2.75) is 69.7 Å². The topological polar surface area (TPSA) is 120 Å². The van der Waals surface area contributed by atoms with E-state index in [1.54, 1.807) is 7.05 Å². The van der Waals surface area contributed by atoms with Crippen molar-refractivity contribution in [2.75, 3.05) is 20.2 Å². The number of nitrogens with zero attached hydrogens (tertiary/aromatic N) is 1. The fourth-order valence-electron chi connectivity index (χ4n) is 2.40. The van der Waals surface area contributed by atoms with Crippen LogP contribution in [0.15, 0.2) is 0 Å². The number of carbonyl (C=O) groups is 1. The number of carbonyl (C=O) groups excluding carboxylic acids is 1. The SMILES string of the molecule is CCCCCCCN(C)C(=O)OC1O[C@H](CO)[C@@H](O)[C@H](O)[C@H]1O. The average Bonchev–Trinajstić information content (AvgIpc) is 2.54. The van der Waals surface area contributed by atoms with E-state index in [1.165, 1.54) is 11.3 Å². The van der Waals surface area contributed by atoms with E-state index in [0.717, 1.165) is 25.7 Å². The number of aliphatic hydroxyl groups excluding tert-OH is 4. The van der Waals surface area contributed by atoms with Crippen molar-refractivity contribution in [1.82, 2.24) is 4.90 Å². The Balaban J connectivity index is 2.42. The molecule has 1 fully saturated rings. The highest BCUT2D eigenvalue weighted by Crippen LogP contribution is 2.22. The molecule has 0 aliphatic carbocycles. The Kier molecular flexibility index (Phi) is 8.78. The predicted octanol–water partition coefficient (Wildman–Crippen LogP) is -0.175. The zero-order valence-electron chi connectivity index (χ0n) is 13.8.